The molecule has 1 rings (SSSR count). The van der Waals surface area contributed by atoms with E-state index in [-0.39, 0.29) is 5.75 Å². The Morgan fingerprint density at radius 3 is 2.77 bits per heavy atom. The minimum absolute atomic E-state index is 0.108. The maximum Gasteiger partial charge on any atom is 0.149 e. The molecule has 1 aromatic rings. The number of aromatic nitrogens is 3. The Morgan fingerprint density at radius 1 is 1.62 bits per heavy atom. The lowest BCUT2D eigenvalue weighted by Gasteiger charge is -1.96. The molecule has 0 atom stereocenters. The van der Waals surface area contributed by atoms with Gasteiger partial charge in [0.2, 0.25) is 0 Å². The zero-order chi connectivity index (χ0) is 9.90. The SMILES string of the molecule is CS(=O)(=O)CCn1cc(CI)nn1. The van der Waals surface area contributed by atoms with E-state index in [1.54, 1.807) is 10.9 Å². The molecule has 7 heteroatoms. The summed E-state index contributed by atoms with van der Waals surface area (Å²) in [6, 6.07) is 0. The van der Waals surface area contributed by atoms with Gasteiger partial charge in [-0.1, -0.05) is 27.8 Å². The molecule has 0 aliphatic heterocycles. The number of alkyl halides is 1. The third-order valence-electron chi connectivity index (χ3n) is 1.41. The molecule has 0 bridgehead atoms. The van der Waals surface area contributed by atoms with Gasteiger partial charge in [0.1, 0.15) is 9.84 Å². The van der Waals surface area contributed by atoms with Crippen LogP contribution in [0.3, 0.4) is 0 Å². The maximum absolute atomic E-state index is 10.8. The van der Waals surface area contributed by atoms with Crippen LogP contribution in [0.15, 0.2) is 6.20 Å². The summed E-state index contributed by atoms with van der Waals surface area (Å²) < 4.78 is 24.0. The van der Waals surface area contributed by atoms with Crippen LogP contribution in [0.2, 0.25) is 0 Å². The molecule has 0 saturated carbocycles. The van der Waals surface area contributed by atoms with Crippen LogP contribution in [0.4, 0.5) is 0 Å². The highest BCUT2D eigenvalue weighted by molar-refractivity contribution is 14.1. The van der Waals surface area contributed by atoms with Crippen molar-refractivity contribution in [2.24, 2.45) is 0 Å². The lowest BCUT2D eigenvalue weighted by Crippen LogP contribution is -2.11. The largest absolute Gasteiger partial charge is 0.251 e. The molecule has 13 heavy (non-hydrogen) atoms. The first-order chi connectivity index (χ1) is 6.01. The average molecular weight is 315 g/mol. The van der Waals surface area contributed by atoms with E-state index in [2.05, 4.69) is 32.9 Å². The zero-order valence-electron chi connectivity index (χ0n) is 7.14. The van der Waals surface area contributed by atoms with Crippen molar-refractivity contribution in [1.29, 1.82) is 0 Å². The summed E-state index contributed by atoms with van der Waals surface area (Å²) in [6.07, 6.45) is 2.97. The second-order valence-corrected chi connectivity index (χ2v) is 5.76. The third-order valence-corrected chi connectivity index (χ3v) is 3.12. The van der Waals surface area contributed by atoms with E-state index in [0.29, 0.717) is 6.54 Å². The summed E-state index contributed by atoms with van der Waals surface area (Å²) in [5, 5.41) is 7.63. The maximum atomic E-state index is 10.8. The molecule has 0 aliphatic rings. The summed E-state index contributed by atoms with van der Waals surface area (Å²) in [5.74, 6) is 0.108. The molecule has 0 unspecified atom stereocenters. The van der Waals surface area contributed by atoms with Gasteiger partial charge in [-0.2, -0.15) is 0 Å². The highest BCUT2D eigenvalue weighted by Gasteiger charge is 2.04. The van der Waals surface area contributed by atoms with Gasteiger partial charge in [0.05, 0.1) is 18.0 Å². The molecule has 0 N–H and O–H groups in total. The summed E-state index contributed by atoms with van der Waals surface area (Å²) in [6.45, 7) is 0.377. The molecule has 0 amide bonds. The van der Waals surface area contributed by atoms with Crippen LogP contribution >= 0.6 is 22.6 Å². The van der Waals surface area contributed by atoms with Crippen molar-refractivity contribution < 1.29 is 8.42 Å². The Bertz CT molecular complexity index is 373. The molecule has 0 aliphatic carbocycles. The Kier molecular flexibility index (Phi) is 3.65. The molecule has 5 nitrogen and oxygen atoms in total. The Labute approximate surface area is 90.6 Å². The van der Waals surface area contributed by atoms with Gasteiger partial charge in [0.15, 0.2) is 0 Å². The van der Waals surface area contributed by atoms with Crippen LogP contribution in [-0.2, 0) is 20.8 Å². The van der Waals surface area contributed by atoms with Crippen molar-refractivity contribution in [2.75, 3.05) is 12.0 Å². The monoisotopic (exact) mass is 315 g/mol. The smallest absolute Gasteiger partial charge is 0.149 e. The highest BCUT2D eigenvalue weighted by Crippen LogP contribution is 2.00. The lowest BCUT2D eigenvalue weighted by molar-refractivity contribution is 0.579. The number of nitrogens with zero attached hydrogens (tertiary/aromatic N) is 3. The molecular formula is C6H10IN3O2S. The van der Waals surface area contributed by atoms with Crippen LogP contribution in [-0.4, -0.2) is 35.4 Å². The fourth-order valence-corrected chi connectivity index (χ4v) is 1.64. The summed E-state index contributed by atoms with van der Waals surface area (Å²) in [7, 11) is -2.91. The van der Waals surface area contributed by atoms with Crippen molar-refractivity contribution in [3.05, 3.63) is 11.9 Å². The summed E-state index contributed by atoms with van der Waals surface area (Å²) in [4.78, 5) is 0. The average Bonchev–Trinajstić information content (AvgIpc) is 2.47. The second-order valence-electron chi connectivity index (χ2n) is 2.74. The summed E-state index contributed by atoms with van der Waals surface area (Å²) in [5.41, 5.74) is 0.870. The minimum Gasteiger partial charge on any atom is -0.251 e. The lowest BCUT2D eigenvalue weighted by atomic mass is 10.6. The van der Waals surface area contributed by atoms with E-state index in [4.69, 9.17) is 0 Å². The molecule has 1 aromatic heterocycles. The molecule has 0 aromatic carbocycles. The van der Waals surface area contributed by atoms with Crippen molar-refractivity contribution in [2.45, 2.75) is 11.0 Å². The highest BCUT2D eigenvalue weighted by atomic mass is 127. The topological polar surface area (TPSA) is 64.8 Å². The van der Waals surface area contributed by atoms with Crippen molar-refractivity contribution in [1.82, 2.24) is 15.0 Å². The standard InChI is InChI=1S/C6H10IN3O2S/c1-13(11,12)3-2-10-5-6(4-7)8-9-10/h5H,2-4H2,1H3. The Hall–Kier alpha value is -0.180. The van der Waals surface area contributed by atoms with Crippen LogP contribution in [0, 0.1) is 0 Å². The summed E-state index contributed by atoms with van der Waals surface area (Å²) >= 11 is 2.18. The van der Waals surface area contributed by atoms with Crippen LogP contribution in [0.5, 0.6) is 0 Å². The molecule has 0 fully saturated rings. The molecule has 1 heterocycles. The number of halogens is 1. The van der Waals surface area contributed by atoms with E-state index < -0.39 is 9.84 Å². The van der Waals surface area contributed by atoms with Crippen molar-refractivity contribution in [3.63, 3.8) is 0 Å². The molecule has 0 radical (unpaired) electrons. The van der Waals surface area contributed by atoms with E-state index in [0.717, 1.165) is 10.1 Å². The Balaban J connectivity index is 2.55. The number of hydrogen-bond donors (Lipinski definition) is 0. The normalized spacial score (nSPS) is 11.8. The van der Waals surface area contributed by atoms with Gasteiger partial charge in [-0.05, 0) is 0 Å². The molecular weight excluding hydrogens is 305 g/mol. The van der Waals surface area contributed by atoms with Crippen LogP contribution in [0.1, 0.15) is 5.69 Å². The van der Waals surface area contributed by atoms with E-state index in [9.17, 15) is 8.42 Å². The van der Waals surface area contributed by atoms with Gasteiger partial charge in [-0.25, -0.2) is 8.42 Å². The van der Waals surface area contributed by atoms with Gasteiger partial charge < -0.3 is 0 Å². The fraction of sp³-hybridized carbons (Fsp3) is 0.667. The molecule has 74 valence electrons. The van der Waals surface area contributed by atoms with Gasteiger partial charge in [0, 0.05) is 16.9 Å². The quantitative estimate of drug-likeness (QED) is 0.590. The van der Waals surface area contributed by atoms with Crippen molar-refractivity contribution in [3.8, 4) is 0 Å². The molecule has 0 saturated heterocycles. The fourth-order valence-electron chi connectivity index (χ4n) is 0.768. The second kappa shape index (κ2) is 4.36. The van der Waals surface area contributed by atoms with Gasteiger partial charge >= 0.3 is 0 Å². The van der Waals surface area contributed by atoms with Crippen LogP contribution in [0.25, 0.3) is 0 Å². The van der Waals surface area contributed by atoms with E-state index in [1.807, 2.05) is 0 Å². The number of sulfone groups is 1. The molecule has 0 spiro atoms. The first-order valence-electron chi connectivity index (χ1n) is 3.64. The predicted octanol–water partition coefficient (Wildman–Crippen LogP) is 0.258. The van der Waals surface area contributed by atoms with Gasteiger partial charge in [-0.15, -0.1) is 5.10 Å². The van der Waals surface area contributed by atoms with Gasteiger partial charge in [-0.3, -0.25) is 4.68 Å². The first kappa shape index (κ1) is 10.9. The van der Waals surface area contributed by atoms with Crippen molar-refractivity contribution >= 4 is 32.4 Å². The zero-order valence-corrected chi connectivity index (χ0v) is 10.1. The number of aryl methyl sites for hydroxylation is 1. The van der Waals surface area contributed by atoms with E-state index in [1.165, 1.54) is 6.26 Å². The minimum atomic E-state index is -2.91. The predicted molar refractivity (Wildman–Crippen MR) is 57.5 cm³/mol. The Morgan fingerprint density at radius 2 is 2.31 bits per heavy atom. The third kappa shape index (κ3) is 4.03. The number of rotatable bonds is 4. The number of hydrogen-bond acceptors (Lipinski definition) is 4. The van der Waals surface area contributed by atoms with Gasteiger partial charge in [0.25, 0.3) is 0 Å². The van der Waals surface area contributed by atoms with E-state index >= 15 is 0 Å². The first-order valence-corrected chi connectivity index (χ1v) is 7.22. The van der Waals surface area contributed by atoms with Crippen LogP contribution < -0.4 is 0 Å².